The molecule has 1 saturated carbocycles. The Morgan fingerprint density at radius 2 is 2.00 bits per heavy atom. The molecule has 1 fully saturated rings. The van der Waals surface area contributed by atoms with Crippen LogP contribution in [0, 0.1) is 6.92 Å². The molecule has 136 valence electrons. The minimum Gasteiger partial charge on any atom is -0.365 e. The second-order valence-corrected chi connectivity index (χ2v) is 7.98. The molecule has 1 N–H and O–H groups in total. The van der Waals surface area contributed by atoms with E-state index in [-0.39, 0.29) is 11.8 Å². The molecule has 1 aromatic heterocycles. The smallest absolute Gasteiger partial charge is 0.261 e. The Morgan fingerprint density at radius 1 is 1.19 bits per heavy atom. The van der Waals surface area contributed by atoms with Gasteiger partial charge < -0.3 is 15.1 Å². The number of aryl methyl sites for hydroxylation is 1. The van der Waals surface area contributed by atoms with E-state index in [2.05, 4.69) is 23.2 Å². The van der Waals surface area contributed by atoms with Gasteiger partial charge in [0.25, 0.3) is 5.91 Å². The number of hydrogen-bond donors (Lipinski definition) is 1. The predicted octanol–water partition coefficient (Wildman–Crippen LogP) is 3.19. The number of amides is 2. The van der Waals surface area contributed by atoms with E-state index in [4.69, 9.17) is 0 Å². The third-order valence-electron chi connectivity index (χ3n) is 5.08. The molecule has 1 atom stereocenters. The number of hydrogen-bond acceptors (Lipinski definition) is 4. The zero-order chi connectivity index (χ0) is 18.3. The van der Waals surface area contributed by atoms with Crippen molar-refractivity contribution in [2.45, 2.75) is 38.8 Å². The van der Waals surface area contributed by atoms with Gasteiger partial charge in [-0.3, -0.25) is 9.59 Å². The number of para-hydroxylation sites is 1. The van der Waals surface area contributed by atoms with Gasteiger partial charge >= 0.3 is 0 Å². The number of carbonyl (C=O) groups excluding carboxylic acids is 2. The van der Waals surface area contributed by atoms with E-state index in [1.807, 2.05) is 28.5 Å². The first kappa shape index (κ1) is 17.1. The molecule has 2 aliphatic rings. The summed E-state index contributed by atoms with van der Waals surface area (Å²) >= 11 is 1.38. The first-order valence-corrected chi connectivity index (χ1v) is 9.96. The van der Waals surface area contributed by atoms with Crippen LogP contribution in [0.1, 0.15) is 35.0 Å². The van der Waals surface area contributed by atoms with Crippen molar-refractivity contribution < 1.29 is 9.59 Å². The van der Waals surface area contributed by atoms with Gasteiger partial charge in [-0.1, -0.05) is 18.2 Å². The van der Waals surface area contributed by atoms with Crippen molar-refractivity contribution in [2.75, 3.05) is 22.9 Å². The zero-order valence-electron chi connectivity index (χ0n) is 15.1. The second kappa shape index (κ2) is 6.76. The predicted molar refractivity (Wildman–Crippen MR) is 105 cm³/mol. The van der Waals surface area contributed by atoms with Crippen LogP contribution in [0.5, 0.6) is 0 Å². The van der Waals surface area contributed by atoms with Crippen LogP contribution in [0.4, 0.5) is 11.4 Å². The van der Waals surface area contributed by atoms with Gasteiger partial charge in [-0.25, -0.2) is 0 Å². The highest BCUT2D eigenvalue weighted by Gasteiger charge is 2.37. The minimum absolute atomic E-state index is 0.0581. The lowest BCUT2D eigenvalue weighted by Gasteiger charge is -2.40. The molecule has 0 bridgehead atoms. The Morgan fingerprint density at radius 3 is 2.69 bits per heavy atom. The normalized spacial score (nSPS) is 17.6. The number of carbonyl (C=O) groups is 2. The molecule has 1 aromatic carbocycles. The van der Waals surface area contributed by atoms with Gasteiger partial charge in [0.15, 0.2) is 0 Å². The summed E-state index contributed by atoms with van der Waals surface area (Å²) in [5, 5.41) is 4.70. The maximum atomic E-state index is 13.1. The Kier molecular flexibility index (Phi) is 4.44. The molecule has 6 heteroatoms. The molecule has 1 aliphatic carbocycles. The third kappa shape index (κ3) is 3.09. The van der Waals surface area contributed by atoms with E-state index >= 15 is 0 Å². The number of nitrogens with zero attached hydrogens (tertiary/aromatic N) is 2. The summed E-state index contributed by atoms with van der Waals surface area (Å²) in [5.74, 6) is -0.251. The standard InChI is InChI=1S/C20H23N3O2S/c1-13-5-3-6-16-18(13)22(15-8-9-15)10-11-23(16)20(25)14(2)21-19(24)17-7-4-12-26-17/h3-7,12,14-15H,8-11H2,1-2H3,(H,21,24). The molecule has 4 rings (SSSR count). The average molecular weight is 369 g/mol. The lowest BCUT2D eigenvalue weighted by atomic mass is 10.1. The Hall–Kier alpha value is -2.34. The number of rotatable bonds is 4. The molecule has 2 heterocycles. The topological polar surface area (TPSA) is 52.6 Å². The summed E-state index contributed by atoms with van der Waals surface area (Å²) in [6.07, 6.45) is 2.46. The summed E-state index contributed by atoms with van der Waals surface area (Å²) in [6.45, 7) is 5.37. The van der Waals surface area contributed by atoms with Crippen LogP contribution in [0.2, 0.25) is 0 Å². The van der Waals surface area contributed by atoms with Crippen LogP contribution in [-0.4, -0.2) is 37.0 Å². The van der Waals surface area contributed by atoms with E-state index in [0.717, 1.165) is 12.2 Å². The van der Waals surface area contributed by atoms with Gasteiger partial charge in [-0.2, -0.15) is 0 Å². The number of thiophene rings is 1. The molecule has 26 heavy (non-hydrogen) atoms. The monoisotopic (exact) mass is 369 g/mol. The summed E-state index contributed by atoms with van der Waals surface area (Å²) < 4.78 is 0. The van der Waals surface area contributed by atoms with Crippen molar-refractivity contribution in [2.24, 2.45) is 0 Å². The molecular weight excluding hydrogens is 346 g/mol. The van der Waals surface area contributed by atoms with Crippen molar-refractivity contribution in [3.63, 3.8) is 0 Å². The lowest BCUT2D eigenvalue weighted by molar-refractivity contribution is -0.120. The van der Waals surface area contributed by atoms with Crippen molar-refractivity contribution in [3.8, 4) is 0 Å². The molecule has 0 spiro atoms. The fraction of sp³-hybridized carbons (Fsp3) is 0.400. The summed E-state index contributed by atoms with van der Waals surface area (Å²) in [5.41, 5.74) is 3.33. The molecule has 1 unspecified atom stereocenters. The molecule has 2 amide bonds. The van der Waals surface area contributed by atoms with E-state index in [1.165, 1.54) is 35.4 Å². The molecule has 2 aromatic rings. The minimum atomic E-state index is -0.564. The Labute approximate surface area is 157 Å². The van der Waals surface area contributed by atoms with E-state index in [0.29, 0.717) is 17.5 Å². The van der Waals surface area contributed by atoms with Crippen molar-refractivity contribution in [1.82, 2.24) is 5.32 Å². The van der Waals surface area contributed by atoms with E-state index in [1.54, 1.807) is 13.0 Å². The quantitative estimate of drug-likeness (QED) is 0.900. The highest BCUT2D eigenvalue weighted by atomic mass is 32.1. The fourth-order valence-electron chi connectivity index (χ4n) is 3.63. The maximum Gasteiger partial charge on any atom is 0.261 e. The van der Waals surface area contributed by atoms with Crippen LogP contribution >= 0.6 is 11.3 Å². The number of fused-ring (bicyclic) bond motifs is 1. The first-order chi connectivity index (χ1) is 12.6. The van der Waals surface area contributed by atoms with Gasteiger partial charge in [0.05, 0.1) is 16.3 Å². The van der Waals surface area contributed by atoms with Gasteiger partial charge in [0.1, 0.15) is 6.04 Å². The molecule has 1 aliphatic heterocycles. The Balaban J connectivity index is 1.55. The summed E-state index contributed by atoms with van der Waals surface area (Å²) in [6, 6.07) is 9.77. The van der Waals surface area contributed by atoms with Crippen LogP contribution in [-0.2, 0) is 4.79 Å². The van der Waals surface area contributed by atoms with Gasteiger partial charge in [0, 0.05) is 19.1 Å². The van der Waals surface area contributed by atoms with Gasteiger partial charge in [0.2, 0.25) is 5.91 Å². The third-order valence-corrected chi connectivity index (χ3v) is 5.94. The van der Waals surface area contributed by atoms with Gasteiger partial charge in [-0.05, 0) is 49.8 Å². The first-order valence-electron chi connectivity index (χ1n) is 9.08. The van der Waals surface area contributed by atoms with Crippen LogP contribution in [0.3, 0.4) is 0 Å². The van der Waals surface area contributed by atoms with Crippen LogP contribution < -0.4 is 15.1 Å². The number of anilines is 2. The van der Waals surface area contributed by atoms with Crippen LogP contribution in [0.25, 0.3) is 0 Å². The van der Waals surface area contributed by atoms with E-state index in [9.17, 15) is 9.59 Å². The Bertz CT molecular complexity index is 830. The summed E-state index contributed by atoms with van der Waals surface area (Å²) in [7, 11) is 0. The van der Waals surface area contributed by atoms with Crippen molar-refractivity contribution in [3.05, 3.63) is 46.2 Å². The highest BCUT2D eigenvalue weighted by Crippen LogP contribution is 2.42. The lowest BCUT2D eigenvalue weighted by Crippen LogP contribution is -2.52. The summed E-state index contributed by atoms with van der Waals surface area (Å²) in [4.78, 5) is 30.2. The SMILES string of the molecule is Cc1cccc2c1N(C1CC1)CCN2C(=O)C(C)NC(=O)c1cccs1. The molecule has 0 saturated heterocycles. The molecular formula is C20H23N3O2S. The second-order valence-electron chi connectivity index (χ2n) is 7.03. The zero-order valence-corrected chi connectivity index (χ0v) is 15.9. The maximum absolute atomic E-state index is 13.1. The average Bonchev–Trinajstić information content (AvgIpc) is 3.33. The van der Waals surface area contributed by atoms with Crippen LogP contribution in [0.15, 0.2) is 35.7 Å². The van der Waals surface area contributed by atoms with Gasteiger partial charge in [-0.15, -0.1) is 11.3 Å². The largest absolute Gasteiger partial charge is 0.365 e. The van der Waals surface area contributed by atoms with E-state index < -0.39 is 6.04 Å². The number of nitrogens with one attached hydrogen (secondary N) is 1. The molecule has 5 nitrogen and oxygen atoms in total. The molecule has 0 radical (unpaired) electrons. The van der Waals surface area contributed by atoms with Crippen molar-refractivity contribution >= 4 is 34.5 Å². The van der Waals surface area contributed by atoms with Crippen molar-refractivity contribution in [1.29, 1.82) is 0 Å². The number of benzene rings is 1. The highest BCUT2D eigenvalue weighted by molar-refractivity contribution is 7.12. The fourth-order valence-corrected chi connectivity index (χ4v) is 4.25.